The molecule has 1 aromatic heterocycles. The number of halogens is 3. The number of rotatable bonds is 2. The number of benzene rings is 1. The van der Waals surface area contributed by atoms with Gasteiger partial charge in [-0.15, -0.1) is 0 Å². The van der Waals surface area contributed by atoms with Crippen molar-refractivity contribution in [2.75, 3.05) is 5.32 Å². The monoisotopic (exact) mass is 313 g/mol. The first kappa shape index (κ1) is 15.5. The summed E-state index contributed by atoms with van der Waals surface area (Å²) in [6.07, 6.45) is -3.80. The Morgan fingerprint density at radius 2 is 1.86 bits per heavy atom. The van der Waals surface area contributed by atoms with E-state index in [1.807, 2.05) is 5.32 Å². The van der Waals surface area contributed by atoms with Crippen molar-refractivity contribution in [1.29, 1.82) is 0 Å². The summed E-state index contributed by atoms with van der Waals surface area (Å²) in [6.45, 7) is 0. The summed E-state index contributed by atoms with van der Waals surface area (Å²) < 4.78 is 39.1. The highest BCUT2D eigenvalue weighted by Crippen LogP contribution is 2.34. The number of anilines is 1. The molecule has 0 spiro atoms. The second kappa shape index (κ2) is 5.51. The second-order valence-electron chi connectivity index (χ2n) is 4.37. The molecule has 22 heavy (non-hydrogen) atoms. The van der Waals surface area contributed by atoms with Gasteiger partial charge < -0.3 is 10.3 Å². The van der Waals surface area contributed by atoms with Crippen LogP contribution in [0.4, 0.5) is 18.9 Å². The fraction of sp³-hybridized carbons (Fsp3) is 0.154. The molecule has 2 N–H and O–H groups in total. The van der Waals surface area contributed by atoms with Gasteiger partial charge in [0, 0.05) is 13.2 Å². The molecule has 1 heterocycles. The number of nitrogens with zero attached hydrogens (tertiary/aromatic N) is 1. The number of nitrogens with one attached hydrogen (secondary N) is 2. The molecule has 1 aromatic carbocycles. The first-order chi connectivity index (χ1) is 10.2. The molecule has 0 atom stereocenters. The van der Waals surface area contributed by atoms with Crippen molar-refractivity contribution in [2.45, 2.75) is 6.18 Å². The first-order valence-electron chi connectivity index (χ1n) is 5.98. The summed E-state index contributed by atoms with van der Waals surface area (Å²) in [5.74, 6) is -1.05. The summed E-state index contributed by atoms with van der Waals surface area (Å²) >= 11 is 0. The SMILES string of the molecule is Cn1c(=O)[nH]cc(C(=O)Nc2ccccc2C(F)(F)F)c1=O. The average Bonchev–Trinajstić information content (AvgIpc) is 2.44. The second-order valence-corrected chi connectivity index (χ2v) is 4.37. The smallest absolute Gasteiger partial charge is 0.321 e. The Kier molecular flexibility index (Phi) is 3.89. The van der Waals surface area contributed by atoms with E-state index in [1.54, 1.807) is 0 Å². The highest BCUT2D eigenvalue weighted by Gasteiger charge is 2.33. The number of aromatic amines is 1. The van der Waals surface area contributed by atoms with E-state index in [9.17, 15) is 27.6 Å². The van der Waals surface area contributed by atoms with Gasteiger partial charge in [0.1, 0.15) is 5.56 Å². The molecule has 0 saturated carbocycles. The van der Waals surface area contributed by atoms with E-state index >= 15 is 0 Å². The minimum Gasteiger partial charge on any atom is -0.321 e. The summed E-state index contributed by atoms with van der Waals surface area (Å²) in [7, 11) is 1.14. The van der Waals surface area contributed by atoms with Gasteiger partial charge in [0.25, 0.3) is 11.5 Å². The number of aromatic nitrogens is 2. The number of carbonyl (C=O) groups is 1. The van der Waals surface area contributed by atoms with Crippen molar-refractivity contribution in [3.63, 3.8) is 0 Å². The Morgan fingerprint density at radius 3 is 2.50 bits per heavy atom. The quantitative estimate of drug-likeness (QED) is 0.877. The van der Waals surface area contributed by atoms with Crippen LogP contribution in [-0.2, 0) is 13.2 Å². The maximum Gasteiger partial charge on any atom is 0.418 e. The number of alkyl halides is 3. The van der Waals surface area contributed by atoms with Crippen LogP contribution in [0.2, 0.25) is 0 Å². The first-order valence-corrected chi connectivity index (χ1v) is 5.98. The van der Waals surface area contributed by atoms with Crippen molar-refractivity contribution in [1.82, 2.24) is 9.55 Å². The third kappa shape index (κ3) is 2.92. The molecule has 0 radical (unpaired) electrons. The molecule has 0 aliphatic heterocycles. The van der Waals surface area contributed by atoms with Crippen LogP contribution in [0.25, 0.3) is 0 Å². The highest BCUT2D eigenvalue weighted by atomic mass is 19.4. The number of carbonyl (C=O) groups excluding carboxylic acids is 1. The molecule has 0 unspecified atom stereocenters. The maximum atomic E-state index is 12.8. The minimum absolute atomic E-state index is 0.473. The molecule has 0 fully saturated rings. The van der Waals surface area contributed by atoms with E-state index in [0.717, 1.165) is 25.4 Å². The number of para-hydroxylation sites is 1. The molecule has 0 aliphatic rings. The third-order valence-electron chi connectivity index (χ3n) is 2.90. The lowest BCUT2D eigenvalue weighted by molar-refractivity contribution is -0.136. The van der Waals surface area contributed by atoms with Crippen LogP contribution in [0.5, 0.6) is 0 Å². The fourth-order valence-electron chi connectivity index (χ4n) is 1.76. The van der Waals surface area contributed by atoms with Crippen LogP contribution in [0, 0.1) is 0 Å². The Morgan fingerprint density at radius 1 is 1.23 bits per heavy atom. The number of amides is 1. The Hall–Kier alpha value is -2.84. The van der Waals surface area contributed by atoms with Gasteiger partial charge in [-0.25, -0.2) is 4.79 Å². The molecule has 1 amide bonds. The van der Waals surface area contributed by atoms with E-state index in [1.165, 1.54) is 12.1 Å². The van der Waals surface area contributed by atoms with E-state index in [0.29, 0.717) is 4.57 Å². The van der Waals surface area contributed by atoms with Gasteiger partial charge in [-0.1, -0.05) is 12.1 Å². The van der Waals surface area contributed by atoms with E-state index in [2.05, 4.69) is 4.98 Å². The standard InChI is InChI=1S/C13H10F3N3O3/c1-19-11(21)7(6-17-12(19)22)10(20)18-9-5-3-2-4-8(9)13(14,15)16/h2-6H,1H3,(H,17,22)(H,18,20). The summed E-state index contributed by atoms with van der Waals surface area (Å²) in [6, 6.07) is 4.37. The molecule has 2 rings (SSSR count). The van der Waals surface area contributed by atoms with E-state index < -0.39 is 40.1 Å². The fourth-order valence-corrected chi connectivity index (χ4v) is 1.76. The van der Waals surface area contributed by atoms with Gasteiger partial charge in [-0.2, -0.15) is 13.2 Å². The molecule has 9 heteroatoms. The van der Waals surface area contributed by atoms with Crippen molar-refractivity contribution >= 4 is 11.6 Å². The molecular weight excluding hydrogens is 303 g/mol. The van der Waals surface area contributed by atoms with Crippen LogP contribution in [0.3, 0.4) is 0 Å². The zero-order chi connectivity index (χ0) is 16.5. The topological polar surface area (TPSA) is 84.0 Å². The molecule has 0 aliphatic carbocycles. The van der Waals surface area contributed by atoms with Gasteiger partial charge >= 0.3 is 11.9 Å². The number of hydrogen-bond acceptors (Lipinski definition) is 3. The highest BCUT2D eigenvalue weighted by molar-refractivity contribution is 6.04. The molecule has 2 aromatic rings. The molecular formula is C13H10F3N3O3. The molecule has 116 valence electrons. The lowest BCUT2D eigenvalue weighted by Crippen LogP contribution is -2.37. The van der Waals surface area contributed by atoms with Gasteiger partial charge in [0.15, 0.2) is 0 Å². The maximum absolute atomic E-state index is 12.8. The van der Waals surface area contributed by atoms with Crippen LogP contribution >= 0.6 is 0 Å². The predicted molar refractivity (Wildman–Crippen MR) is 71.7 cm³/mol. The Labute approximate surface area is 121 Å². The van der Waals surface area contributed by atoms with Crippen molar-refractivity contribution in [3.8, 4) is 0 Å². The average molecular weight is 313 g/mol. The lowest BCUT2D eigenvalue weighted by Gasteiger charge is -2.13. The summed E-state index contributed by atoms with van der Waals surface area (Å²) in [5, 5.41) is 2.03. The summed E-state index contributed by atoms with van der Waals surface area (Å²) in [4.78, 5) is 37.1. The van der Waals surface area contributed by atoms with Gasteiger partial charge in [-0.05, 0) is 12.1 Å². The third-order valence-corrected chi connectivity index (χ3v) is 2.90. The minimum atomic E-state index is -4.65. The van der Waals surface area contributed by atoms with Crippen LogP contribution < -0.4 is 16.6 Å². The zero-order valence-electron chi connectivity index (χ0n) is 11.2. The predicted octanol–water partition coefficient (Wildman–Crippen LogP) is 1.34. The number of H-pyrrole nitrogens is 1. The van der Waals surface area contributed by atoms with Gasteiger partial charge in [0.05, 0.1) is 11.3 Å². The lowest BCUT2D eigenvalue weighted by atomic mass is 10.1. The van der Waals surface area contributed by atoms with Crippen molar-refractivity contribution < 1.29 is 18.0 Å². The van der Waals surface area contributed by atoms with Crippen molar-refractivity contribution in [3.05, 3.63) is 62.4 Å². The Balaban J connectivity index is 2.41. The van der Waals surface area contributed by atoms with Crippen molar-refractivity contribution in [2.24, 2.45) is 7.05 Å². The van der Waals surface area contributed by atoms with Gasteiger partial charge in [0.2, 0.25) is 0 Å². The van der Waals surface area contributed by atoms with Gasteiger partial charge in [-0.3, -0.25) is 14.2 Å². The van der Waals surface area contributed by atoms with E-state index in [-0.39, 0.29) is 0 Å². The molecule has 6 nitrogen and oxygen atoms in total. The van der Waals surface area contributed by atoms with Crippen LogP contribution in [-0.4, -0.2) is 15.5 Å². The largest absolute Gasteiger partial charge is 0.418 e. The Bertz CT molecular complexity index is 837. The van der Waals surface area contributed by atoms with Crippen LogP contribution in [0.1, 0.15) is 15.9 Å². The van der Waals surface area contributed by atoms with E-state index in [4.69, 9.17) is 0 Å². The molecule has 0 saturated heterocycles. The van der Waals surface area contributed by atoms with Crippen LogP contribution in [0.15, 0.2) is 40.1 Å². The molecule has 0 bridgehead atoms. The summed E-state index contributed by atoms with van der Waals surface area (Å²) in [5.41, 5.74) is -3.64. The zero-order valence-corrected chi connectivity index (χ0v) is 11.2. The number of hydrogen-bond donors (Lipinski definition) is 2. The normalized spacial score (nSPS) is 11.3.